The number of halogens is 2. The van der Waals surface area contributed by atoms with Gasteiger partial charge in [-0.1, -0.05) is 53.5 Å². The van der Waals surface area contributed by atoms with Crippen LogP contribution in [0, 0.1) is 0 Å². The molecule has 3 aromatic carbocycles. The van der Waals surface area contributed by atoms with E-state index in [1.807, 2.05) is 36.4 Å². The summed E-state index contributed by atoms with van der Waals surface area (Å²) in [5.41, 5.74) is 2.96. The first-order valence-corrected chi connectivity index (χ1v) is 8.14. The summed E-state index contributed by atoms with van der Waals surface area (Å²) in [4.78, 5) is 10.8. The van der Waals surface area contributed by atoms with Gasteiger partial charge in [0.1, 0.15) is 0 Å². The van der Waals surface area contributed by atoms with Gasteiger partial charge in [0, 0.05) is 16.1 Å². The molecule has 0 bridgehead atoms. The second-order valence-electron chi connectivity index (χ2n) is 5.52. The third kappa shape index (κ3) is 3.97. The van der Waals surface area contributed by atoms with Gasteiger partial charge in [-0.15, -0.1) is 0 Å². The summed E-state index contributed by atoms with van der Waals surface area (Å²) in [7, 11) is 0. The van der Waals surface area contributed by atoms with Crippen molar-refractivity contribution in [1.29, 1.82) is 0 Å². The molecule has 0 saturated heterocycles. The molecule has 0 aliphatic heterocycles. The van der Waals surface area contributed by atoms with Crippen LogP contribution in [-0.2, 0) is 11.2 Å². The van der Waals surface area contributed by atoms with E-state index in [9.17, 15) is 4.79 Å². The third-order valence-electron chi connectivity index (χ3n) is 3.77. The molecule has 120 valence electrons. The Morgan fingerprint density at radius 2 is 1.58 bits per heavy atom. The highest BCUT2D eigenvalue weighted by atomic mass is 35.5. The number of hydrogen-bond acceptors (Lipinski definition) is 1. The van der Waals surface area contributed by atoms with E-state index >= 15 is 0 Å². The zero-order chi connectivity index (χ0) is 17.1. The second-order valence-corrected chi connectivity index (χ2v) is 6.39. The third-order valence-corrected chi connectivity index (χ3v) is 4.24. The van der Waals surface area contributed by atoms with E-state index in [1.165, 1.54) is 0 Å². The predicted molar refractivity (Wildman–Crippen MR) is 99.9 cm³/mol. The van der Waals surface area contributed by atoms with Crippen LogP contribution in [0.5, 0.6) is 0 Å². The Bertz CT molecular complexity index is 946. The van der Waals surface area contributed by atoms with Crippen LogP contribution in [0.4, 0.5) is 0 Å². The van der Waals surface area contributed by atoms with Crippen LogP contribution in [0.2, 0.25) is 10.0 Å². The van der Waals surface area contributed by atoms with Crippen molar-refractivity contribution in [2.75, 3.05) is 0 Å². The van der Waals surface area contributed by atoms with Crippen molar-refractivity contribution in [2.45, 2.75) is 6.42 Å². The van der Waals surface area contributed by atoms with Gasteiger partial charge in [-0.05, 0) is 64.2 Å². The van der Waals surface area contributed by atoms with E-state index in [1.54, 1.807) is 12.1 Å². The summed E-state index contributed by atoms with van der Waals surface area (Å²) in [5, 5.41) is 12.3. The van der Waals surface area contributed by atoms with E-state index in [2.05, 4.69) is 12.1 Å². The maximum atomic E-state index is 10.8. The standard InChI is InChI=1S/C20H14Cl2O2/c21-18-6-3-14-9-13(1-2-16(14)11-18)10-15-4-7-19(22)12-17(15)5-8-20(23)24/h1-9,11-12H,10H2,(H,23,24). The largest absolute Gasteiger partial charge is 0.478 e. The highest BCUT2D eigenvalue weighted by Gasteiger charge is 2.05. The van der Waals surface area contributed by atoms with Gasteiger partial charge >= 0.3 is 5.97 Å². The van der Waals surface area contributed by atoms with Crippen molar-refractivity contribution in [1.82, 2.24) is 0 Å². The van der Waals surface area contributed by atoms with E-state index in [0.717, 1.165) is 33.5 Å². The first-order chi connectivity index (χ1) is 11.5. The van der Waals surface area contributed by atoms with Crippen molar-refractivity contribution in [3.05, 3.63) is 87.4 Å². The summed E-state index contributed by atoms with van der Waals surface area (Å²) >= 11 is 12.1. The molecule has 0 radical (unpaired) electrons. The van der Waals surface area contributed by atoms with Gasteiger partial charge in [-0.3, -0.25) is 0 Å². The predicted octanol–water partition coefficient (Wildman–Crippen LogP) is 5.84. The van der Waals surface area contributed by atoms with Gasteiger partial charge in [0.25, 0.3) is 0 Å². The van der Waals surface area contributed by atoms with Crippen molar-refractivity contribution in [2.24, 2.45) is 0 Å². The molecule has 0 spiro atoms. The number of hydrogen-bond donors (Lipinski definition) is 1. The van der Waals surface area contributed by atoms with E-state index in [4.69, 9.17) is 28.3 Å². The van der Waals surface area contributed by atoms with Crippen LogP contribution in [0.1, 0.15) is 16.7 Å². The molecule has 1 N–H and O–H groups in total. The number of carbonyl (C=O) groups is 1. The molecule has 0 saturated carbocycles. The molecule has 4 heteroatoms. The highest BCUT2D eigenvalue weighted by Crippen LogP contribution is 2.24. The molecule has 3 rings (SSSR count). The van der Waals surface area contributed by atoms with Crippen LogP contribution in [0.15, 0.2) is 60.7 Å². The molecule has 2 nitrogen and oxygen atoms in total. The zero-order valence-electron chi connectivity index (χ0n) is 12.7. The Labute approximate surface area is 150 Å². The molecular weight excluding hydrogens is 343 g/mol. The number of carboxylic acid groups (broad SMARTS) is 1. The monoisotopic (exact) mass is 356 g/mol. The van der Waals surface area contributed by atoms with Crippen LogP contribution in [0.3, 0.4) is 0 Å². The van der Waals surface area contributed by atoms with Crippen molar-refractivity contribution in [3.63, 3.8) is 0 Å². The fraction of sp³-hybridized carbons (Fsp3) is 0.0500. The van der Waals surface area contributed by atoms with Gasteiger partial charge in [0.2, 0.25) is 0 Å². The van der Waals surface area contributed by atoms with Crippen molar-refractivity contribution < 1.29 is 9.90 Å². The average molecular weight is 357 g/mol. The lowest BCUT2D eigenvalue weighted by Gasteiger charge is -2.08. The average Bonchev–Trinajstić information content (AvgIpc) is 2.55. The summed E-state index contributed by atoms with van der Waals surface area (Å²) in [6.45, 7) is 0. The van der Waals surface area contributed by atoms with Crippen molar-refractivity contribution in [3.8, 4) is 0 Å². The summed E-state index contributed by atoms with van der Waals surface area (Å²) in [6, 6.07) is 17.5. The fourth-order valence-corrected chi connectivity index (χ4v) is 3.00. The number of carboxylic acids is 1. The lowest BCUT2D eigenvalue weighted by Crippen LogP contribution is -1.93. The first kappa shape index (κ1) is 16.6. The summed E-state index contributed by atoms with van der Waals surface area (Å²) in [6.07, 6.45) is 3.39. The topological polar surface area (TPSA) is 37.3 Å². The van der Waals surface area contributed by atoms with Crippen LogP contribution in [0.25, 0.3) is 16.8 Å². The number of rotatable bonds is 4. The molecule has 0 atom stereocenters. The van der Waals surface area contributed by atoms with Gasteiger partial charge in [0.05, 0.1) is 0 Å². The maximum absolute atomic E-state index is 10.8. The van der Waals surface area contributed by atoms with Crippen molar-refractivity contribution >= 4 is 46.0 Å². The second kappa shape index (κ2) is 7.08. The normalized spacial score (nSPS) is 11.2. The lowest BCUT2D eigenvalue weighted by molar-refractivity contribution is -0.131. The minimum atomic E-state index is -0.983. The minimum Gasteiger partial charge on any atom is -0.478 e. The molecule has 0 heterocycles. The van der Waals surface area contributed by atoms with Gasteiger partial charge in [-0.2, -0.15) is 0 Å². The molecule has 0 aromatic heterocycles. The van der Waals surface area contributed by atoms with Gasteiger partial charge in [0.15, 0.2) is 0 Å². The Hall–Kier alpha value is -2.29. The number of benzene rings is 3. The van der Waals surface area contributed by atoms with Crippen LogP contribution in [-0.4, -0.2) is 11.1 Å². The number of aliphatic carboxylic acids is 1. The fourth-order valence-electron chi connectivity index (χ4n) is 2.64. The Morgan fingerprint density at radius 3 is 2.38 bits per heavy atom. The molecule has 0 aliphatic rings. The zero-order valence-corrected chi connectivity index (χ0v) is 14.2. The number of fused-ring (bicyclic) bond motifs is 1. The minimum absolute atomic E-state index is 0.581. The Balaban J connectivity index is 1.96. The first-order valence-electron chi connectivity index (χ1n) is 7.39. The molecule has 3 aromatic rings. The van der Waals surface area contributed by atoms with Gasteiger partial charge < -0.3 is 5.11 Å². The summed E-state index contributed by atoms with van der Waals surface area (Å²) in [5.74, 6) is -0.983. The smallest absolute Gasteiger partial charge is 0.328 e. The molecule has 0 unspecified atom stereocenters. The van der Waals surface area contributed by atoms with Crippen LogP contribution < -0.4 is 0 Å². The van der Waals surface area contributed by atoms with Gasteiger partial charge in [-0.25, -0.2) is 4.79 Å². The molecular formula is C20H14Cl2O2. The maximum Gasteiger partial charge on any atom is 0.328 e. The highest BCUT2D eigenvalue weighted by molar-refractivity contribution is 6.31. The molecule has 24 heavy (non-hydrogen) atoms. The molecule has 0 amide bonds. The van der Waals surface area contributed by atoms with E-state index < -0.39 is 5.97 Å². The quantitative estimate of drug-likeness (QED) is 0.596. The van der Waals surface area contributed by atoms with Crippen LogP contribution >= 0.6 is 23.2 Å². The lowest BCUT2D eigenvalue weighted by atomic mass is 9.97. The Kier molecular flexibility index (Phi) is 4.89. The van der Waals surface area contributed by atoms with E-state index in [0.29, 0.717) is 16.5 Å². The Morgan fingerprint density at radius 1 is 0.917 bits per heavy atom. The molecule has 0 fully saturated rings. The van der Waals surface area contributed by atoms with E-state index in [-0.39, 0.29) is 0 Å². The summed E-state index contributed by atoms with van der Waals surface area (Å²) < 4.78 is 0. The molecule has 0 aliphatic carbocycles. The SMILES string of the molecule is O=C(O)C=Cc1cc(Cl)ccc1Cc1ccc2cc(Cl)ccc2c1.